The van der Waals surface area contributed by atoms with Crippen LogP contribution in [0.25, 0.3) is 5.57 Å². The molecule has 0 aliphatic carbocycles. The first-order valence-electron chi connectivity index (χ1n) is 9.45. The van der Waals surface area contributed by atoms with Crippen LogP contribution in [-0.2, 0) is 0 Å². The van der Waals surface area contributed by atoms with Crippen LogP contribution in [0.15, 0.2) is 41.4 Å². The van der Waals surface area contributed by atoms with Gasteiger partial charge in [-0.3, -0.25) is 4.99 Å². The Hall–Kier alpha value is -1.97. The third-order valence-electron chi connectivity index (χ3n) is 5.03. The van der Waals surface area contributed by atoms with E-state index in [0.29, 0.717) is 15.8 Å². The van der Waals surface area contributed by atoms with E-state index in [9.17, 15) is 0 Å². The average molecular weight is 417 g/mol. The van der Waals surface area contributed by atoms with Crippen molar-refractivity contribution in [3.8, 4) is 5.75 Å². The van der Waals surface area contributed by atoms with Crippen LogP contribution in [0.2, 0.25) is 10.0 Å². The zero-order valence-electron chi connectivity index (χ0n) is 17.0. The van der Waals surface area contributed by atoms with E-state index in [1.165, 1.54) is 16.8 Å². The Labute approximate surface area is 177 Å². The molecule has 0 unspecified atom stereocenters. The van der Waals surface area contributed by atoms with Crippen molar-refractivity contribution in [2.45, 2.75) is 39.7 Å². The standard InChI is InChI=1S/C23H26Cl2N2O/c1-6-9-27-21-12-19(24)16(10-18(21)15(2)13-23(27,3)4)14-26-17-7-8-22(28-5)20(25)11-17/h7-8,10-14H,6,9H2,1-5H3. The summed E-state index contributed by atoms with van der Waals surface area (Å²) in [6.45, 7) is 9.82. The summed E-state index contributed by atoms with van der Waals surface area (Å²) in [7, 11) is 1.59. The highest BCUT2D eigenvalue weighted by molar-refractivity contribution is 6.33. The Bertz CT molecular complexity index is 948. The number of hydrogen-bond donors (Lipinski definition) is 0. The lowest BCUT2D eigenvalue weighted by atomic mass is 9.88. The second-order valence-corrected chi connectivity index (χ2v) is 8.41. The summed E-state index contributed by atoms with van der Waals surface area (Å²) in [6, 6.07) is 9.63. The second kappa shape index (κ2) is 8.18. The van der Waals surface area contributed by atoms with Crippen molar-refractivity contribution in [1.82, 2.24) is 0 Å². The summed E-state index contributed by atoms with van der Waals surface area (Å²) in [5.74, 6) is 0.631. The van der Waals surface area contributed by atoms with Gasteiger partial charge >= 0.3 is 0 Å². The predicted molar refractivity (Wildman–Crippen MR) is 122 cm³/mol. The molecule has 1 aliphatic rings. The van der Waals surface area contributed by atoms with Gasteiger partial charge in [0.25, 0.3) is 0 Å². The highest BCUT2D eigenvalue weighted by Gasteiger charge is 2.31. The second-order valence-electron chi connectivity index (χ2n) is 7.60. The number of ether oxygens (including phenoxy) is 1. The zero-order chi connectivity index (χ0) is 20.5. The number of nitrogens with zero attached hydrogens (tertiary/aromatic N) is 2. The van der Waals surface area contributed by atoms with Gasteiger partial charge in [-0.1, -0.05) is 36.2 Å². The lowest BCUT2D eigenvalue weighted by Crippen LogP contribution is -2.45. The van der Waals surface area contributed by atoms with Crippen LogP contribution >= 0.6 is 23.2 Å². The molecule has 0 radical (unpaired) electrons. The van der Waals surface area contributed by atoms with Gasteiger partial charge in [-0.25, -0.2) is 0 Å². The molecule has 0 saturated carbocycles. The summed E-state index contributed by atoms with van der Waals surface area (Å²) in [4.78, 5) is 6.97. The molecule has 1 heterocycles. The molecule has 0 saturated heterocycles. The van der Waals surface area contributed by atoms with Gasteiger partial charge in [0.2, 0.25) is 0 Å². The van der Waals surface area contributed by atoms with Crippen molar-refractivity contribution in [1.29, 1.82) is 0 Å². The molecule has 0 N–H and O–H groups in total. The Morgan fingerprint density at radius 2 is 1.89 bits per heavy atom. The molecule has 0 aromatic heterocycles. The topological polar surface area (TPSA) is 24.8 Å². The number of fused-ring (bicyclic) bond motifs is 1. The maximum Gasteiger partial charge on any atom is 0.137 e. The lowest BCUT2D eigenvalue weighted by molar-refractivity contribution is 0.415. The number of allylic oxidation sites excluding steroid dienone is 1. The van der Waals surface area contributed by atoms with E-state index in [4.69, 9.17) is 27.9 Å². The number of rotatable bonds is 5. The summed E-state index contributed by atoms with van der Waals surface area (Å²) in [5.41, 5.74) is 5.24. The zero-order valence-corrected chi connectivity index (χ0v) is 18.5. The van der Waals surface area contributed by atoms with Crippen molar-refractivity contribution in [2.24, 2.45) is 4.99 Å². The molecule has 3 nitrogen and oxygen atoms in total. The monoisotopic (exact) mass is 416 g/mol. The Kier molecular flexibility index (Phi) is 6.07. The van der Waals surface area contributed by atoms with E-state index >= 15 is 0 Å². The minimum absolute atomic E-state index is 0.0358. The van der Waals surface area contributed by atoms with Gasteiger partial charge in [0.15, 0.2) is 0 Å². The van der Waals surface area contributed by atoms with E-state index < -0.39 is 0 Å². The van der Waals surface area contributed by atoms with Gasteiger partial charge in [0.1, 0.15) is 5.75 Å². The number of aliphatic imine (C=N–C) groups is 1. The van der Waals surface area contributed by atoms with Crippen LogP contribution in [-0.4, -0.2) is 25.4 Å². The summed E-state index contributed by atoms with van der Waals surface area (Å²) < 4.78 is 5.19. The van der Waals surface area contributed by atoms with Crippen LogP contribution in [0.3, 0.4) is 0 Å². The molecule has 0 bridgehead atoms. The molecule has 0 spiro atoms. The van der Waals surface area contributed by atoms with Crippen LogP contribution < -0.4 is 9.64 Å². The quantitative estimate of drug-likeness (QED) is 0.482. The number of halogens is 2. The molecular formula is C23H26Cl2N2O. The Morgan fingerprint density at radius 3 is 2.54 bits per heavy atom. The highest BCUT2D eigenvalue weighted by atomic mass is 35.5. The van der Waals surface area contributed by atoms with E-state index in [-0.39, 0.29) is 5.54 Å². The first-order valence-corrected chi connectivity index (χ1v) is 10.2. The maximum atomic E-state index is 6.63. The fraction of sp³-hybridized carbons (Fsp3) is 0.348. The third kappa shape index (κ3) is 4.06. The third-order valence-corrected chi connectivity index (χ3v) is 5.65. The minimum Gasteiger partial charge on any atom is -0.495 e. The van der Waals surface area contributed by atoms with Gasteiger partial charge in [-0.2, -0.15) is 0 Å². The normalized spacial score (nSPS) is 15.5. The number of anilines is 1. The van der Waals surface area contributed by atoms with E-state index in [1.54, 1.807) is 25.5 Å². The molecule has 0 atom stereocenters. The van der Waals surface area contributed by atoms with Crippen LogP contribution in [0.4, 0.5) is 11.4 Å². The summed E-state index contributed by atoms with van der Waals surface area (Å²) >= 11 is 12.8. The van der Waals surface area contributed by atoms with Crippen LogP contribution in [0.5, 0.6) is 5.75 Å². The van der Waals surface area contributed by atoms with Crippen LogP contribution in [0, 0.1) is 0 Å². The van der Waals surface area contributed by atoms with Gasteiger partial charge in [0.05, 0.1) is 28.4 Å². The first kappa shape index (κ1) is 20.8. The lowest BCUT2D eigenvalue weighted by Gasteiger charge is -2.43. The molecule has 2 aromatic rings. The fourth-order valence-electron chi connectivity index (χ4n) is 3.73. The minimum atomic E-state index is -0.0358. The van der Waals surface area contributed by atoms with Gasteiger partial charge in [0, 0.05) is 29.6 Å². The van der Waals surface area contributed by atoms with E-state index in [2.05, 4.69) is 55.8 Å². The molecule has 0 fully saturated rings. The van der Waals surface area contributed by atoms with Crippen LogP contribution in [0.1, 0.15) is 45.2 Å². The highest BCUT2D eigenvalue weighted by Crippen LogP contribution is 2.41. The van der Waals surface area contributed by atoms with Gasteiger partial charge < -0.3 is 9.64 Å². The smallest absolute Gasteiger partial charge is 0.137 e. The largest absolute Gasteiger partial charge is 0.495 e. The molecule has 3 rings (SSSR count). The Morgan fingerprint density at radius 1 is 1.14 bits per heavy atom. The predicted octanol–water partition coefficient (Wildman–Crippen LogP) is 7.16. The molecular weight excluding hydrogens is 391 g/mol. The van der Waals surface area contributed by atoms with Gasteiger partial charge in [-0.05, 0) is 63.1 Å². The van der Waals surface area contributed by atoms with E-state index in [1.807, 2.05) is 6.07 Å². The molecule has 5 heteroatoms. The molecule has 2 aromatic carbocycles. The summed E-state index contributed by atoms with van der Waals surface area (Å²) in [5, 5.41) is 1.22. The number of hydrogen-bond acceptors (Lipinski definition) is 3. The van der Waals surface area contributed by atoms with Crippen molar-refractivity contribution in [2.75, 3.05) is 18.6 Å². The fourth-order valence-corrected chi connectivity index (χ4v) is 4.18. The number of methoxy groups -OCH3 is 1. The molecule has 28 heavy (non-hydrogen) atoms. The van der Waals surface area contributed by atoms with Crippen molar-refractivity contribution in [3.63, 3.8) is 0 Å². The van der Waals surface area contributed by atoms with Gasteiger partial charge in [-0.15, -0.1) is 0 Å². The van der Waals surface area contributed by atoms with Crippen molar-refractivity contribution >= 4 is 46.4 Å². The molecule has 1 aliphatic heterocycles. The SMILES string of the molecule is CCCN1c2cc(Cl)c(C=Nc3ccc(OC)c(Cl)c3)cc2C(C)=CC1(C)C. The van der Waals surface area contributed by atoms with E-state index in [0.717, 1.165) is 24.2 Å². The number of benzene rings is 2. The molecule has 0 amide bonds. The average Bonchev–Trinajstić information content (AvgIpc) is 2.63. The first-order chi connectivity index (χ1) is 13.3. The Balaban J connectivity index is 1.99. The summed E-state index contributed by atoms with van der Waals surface area (Å²) in [6.07, 6.45) is 5.19. The molecule has 148 valence electrons. The van der Waals surface area contributed by atoms with Crippen molar-refractivity contribution < 1.29 is 4.74 Å². The maximum absolute atomic E-state index is 6.63. The van der Waals surface area contributed by atoms with Crippen molar-refractivity contribution in [3.05, 3.63) is 57.6 Å².